The molecule has 2 N–H and O–H groups in total. The second-order valence-corrected chi connectivity index (χ2v) is 7.88. The van der Waals surface area contributed by atoms with Crippen molar-refractivity contribution >= 4 is 22.5 Å². The highest BCUT2D eigenvalue weighted by molar-refractivity contribution is 7.99. The van der Waals surface area contributed by atoms with Crippen molar-refractivity contribution in [2.24, 2.45) is 0 Å². The molecule has 0 aliphatic carbocycles. The predicted molar refractivity (Wildman–Crippen MR) is 107 cm³/mol. The van der Waals surface area contributed by atoms with E-state index in [1.54, 1.807) is 6.92 Å². The maximum absolute atomic E-state index is 10.8. The van der Waals surface area contributed by atoms with Gasteiger partial charge in [-0.05, 0) is 42.0 Å². The minimum atomic E-state index is -0.965. The Balaban J connectivity index is 1.55. The average Bonchev–Trinajstić information content (AvgIpc) is 2.70. The van der Waals surface area contributed by atoms with Gasteiger partial charge in [0.1, 0.15) is 23.4 Å². The number of aliphatic hydroxyl groups excluding tert-OH is 2. The van der Waals surface area contributed by atoms with Gasteiger partial charge in [-0.1, -0.05) is 60.3 Å². The average molecular weight is 382 g/mol. The highest BCUT2D eigenvalue weighted by atomic mass is 32.2. The largest absolute Gasteiger partial charge is 0.485 e. The molecular formula is C22H22O4S. The lowest BCUT2D eigenvalue weighted by atomic mass is 10.0. The van der Waals surface area contributed by atoms with Gasteiger partial charge in [0.2, 0.25) is 0 Å². The van der Waals surface area contributed by atoms with Gasteiger partial charge >= 0.3 is 0 Å². The molecule has 27 heavy (non-hydrogen) atoms. The van der Waals surface area contributed by atoms with Crippen LogP contribution < -0.4 is 4.74 Å². The van der Waals surface area contributed by atoms with E-state index in [0.717, 1.165) is 15.7 Å². The van der Waals surface area contributed by atoms with Crippen LogP contribution in [-0.2, 0) is 4.74 Å². The van der Waals surface area contributed by atoms with E-state index in [2.05, 4.69) is 0 Å². The van der Waals surface area contributed by atoms with Gasteiger partial charge in [-0.15, -0.1) is 0 Å². The minimum Gasteiger partial charge on any atom is -0.485 e. The summed E-state index contributed by atoms with van der Waals surface area (Å²) in [4.78, 5) is 0.995. The minimum absolute atomic E-state index is 0.444. The summed E-state index contributed by atoms with van der Waals surface area (Å²) in [6, 6.07) is 23.5. The third kappa shape index (κ3) is 3.96. The van der Waals surface area contributed by atoms with E-state index in [1.165, 1.54) is 11.8 Å². The fourth-order valence-corrected chi connectivity index (χ4v) is 4.37. The van der Waals surface area contributed by atoms with Crippen molar-refractivity contribution < 1.29 is 19.7 Å². The maximum atomic E-state index is 10.8. The standard InChI is InChI=1S/C22H22O4S/c1-14-19(23)21(20(24)22(25-14)27-18-9-3-2-4-10-18)26-17-12-11-15-7-5-6-8-16(15)13-17/h2-14,19-24H,1H3/t14-,19-,20+,21+,22+/m1/s1. The van der Waals surface area contributed by atoms with E-state index in [-0.39, 0.29) is 0 Å². The van der Waals surface area contributed by atoms with Gasteiger partial charge < -0.3 is 19.7 Å². The quantitative estimate of drug-likeness (QED) is 0.718. The molecule has 5 heteroatoms. The van der Waals surface area contributed by atoms with Gasteiger partial charge in [-0.3, -0.25) is 0 Å². The summed E-state index contributed by atoms with van der Waals surface area (Å²) in [5, 5.41) is 23.5. The summed E-state index contributed by atoms with van der Waals surface area (Å²) >= 11 is 1.43. The topological polar surface area (TPSA) is 58.9 Å². The number of thioether (sulfide) groups is 1. The second kappa shape index (κ2) is 7.90. The summed E-state index contributed by atoms with van der Waals surface area (Å²) in [6.45, 7) is 1.80. The van der Waals surface area contributed by atoms with E-state index in [0.29, 0.717) is 5.75 Å². The molecular weight excluding hydrogens is 360 g/mol. The number of rotatable bonds is 4. The van der Waals surface area contributed by atoms with E-state index >= 15 is 0 Å². The maximum Gasteiger partial charge on any atom is 0.156 e. The number of hydrogen-bond acceptors (Lipinski definition) is 5. The zero-order valence-corrected chi connectivity index (χ0v) is 15.8. The van der Waals surface area contributed by atoms with Crippen molar-refractivity contribution in [3.05, 3.63) is 72.8 Å². The molecule has 5 atom stereocenters. The summed E-state index contributed by atoms with van der Waals surface area (Å²) in [5.41, 5.74) is -0.517. The molecule has 0 amide bonds. The van der Waals surface area contributed by atoms with E-state index in [9.17, 15) is 10.2 Å². The fourth-order valence-electron chi connectivity index (χ4n) is 3.26. The SMILES string of the molecule is C[C@H]1O[C@@H](Sc2ccccc2)[C@@H](O)[C@@H](Oc2ccc3ccccc3c2)[C@@H]1O. The monoisotopic (exact) mass is 382 g/mol. The molecule has 0 bridgehead atoms. The Morgan fingerprint density at radius 3 is 2.33 bits per heavy atom. The number of hydrogen-bond donors (Lipinski definition) is 2. The van der Waals surface area contributed by atoms with Crippen molar-refractivity contribution in [1.29, 1.82) is 0 Å². The van der Waals surface area contributed by atoms with E-state index in [4.69, 9.17) is 9.47 Å². The first-order valence-electron chi connectivity index (χ1n) is 9.00. The lowest BCUT2D eigenvalue weighted by molar-refractivity contribution is -0.184. The lowest BCUT2D eigenvalue weighted by Gasteiger charge is -2.41. The van der Waals surface area contributed by atoms with Gasteiger partial charge in [0.15, 0.2) is 6.10 Å². The smallest absolute Gasteiger partial charge is 0.156 e. The first-order chi connectivity index (χ1) is 13.1. The Hall–Kier alpha value is -2.05. The van der Waals surface area contributed by atoms with Gasteiger partial charge in [-0.2, -0.15) is 0 Å². The molecule has 3 aromatic carbocycles. The van der Waals surface area contributed by atoms with Crippen LogP contribution in [0, 0.1) is 0 Å². The van der Waals surface area contributed by atoms with Crippen molar-refractivity contribution in [3.63, 3.8) is 0 Å². The molecule has 4 rings (SSSR count). The first kappa shape index (κ1) is 18.3. The second-order valence-electron chi connectivity index (χ2n) is 6.71. The van der Waals surface area contributed by atoms with Gasteiger partial charge in [-0.25, -0.2) is 0 Å². The molecule has 1 heterocycles. The van der Waals surface area contributed by atoms with Crippen LogP contribution in [0.5, 0.6) is 5.75 Å². The molecule has 3 aromatic rings. The van der Waals surface area contributed by atoms with E-state index < -0.39 is 29.9 Å². The molecule has 4 nitrogen and oxygen atoms in total. The van der Waals surface area contributed by atoms with Crippen molar-refractivity contribution in [2.45, 2.75) is 41.7 Å². The molecule has 1 aliphatic rings. The van der Waals surface area contributed by atoms with E-state index in [1.807, 2.05) is 72.8 Å². The van der Waals surface area contributed by atoms with Crippen molar-refractivity contribution in [1.82, 2.24) is 0 Å². The number of aliphatic hydroxyl groups is 2. The molecule has 1 aliphatic heterocycles. The van der Waals surface area contributed by atoms with Crippen LogP contribution in [0.2, 0.25) is 0 Å². The first-order valence-corrected chi connectivity index (χ1v) is 9.88. The van der Waals surface area contributed by atoms with Crippen molar-refractivity contribution in [3.8, 4) is 5.75 Å². The molecule has 0 radical (unpaired) electrons. The molecule has 1 fully saturated rings. The summed E-state index contributed by atoms with van der Waals surface area (Å²) in [7, 11) is 0. The number of fused-ring (bicyclic) bond motifs is 1. The van der Waals surface area contributed by atoms with Crippen LogP contribution in [0.15, 0.2) is 77.7 Å². The van der Waals surface area contributed by atoms with Crippen LogP contribution in [-0.4, -0.2) is 40.1 Å². The number of ether oxygens (including phenoxy) is 2. The lowest BCUT2D eigenvalue weighted by Crippen LogP contribution is -2.58. The van der Waals surface area contributed by atoms with Crippen LogP contribution in [0.25, 0.3) is 10.8 Å². The Labute approximate surface area is 162 Å². The van der Waals surface area contributed by atoms with Gasteiger partial charge in [0.25, 0.3) is 0 Å². The Morgan fingerprint density at radius 1 is 0.852 bits per heavy atom. The third-order valence-corrected chi connectivity index (χ3v) is 5.94. The number of benzene rings is 3. The van der Waals surface area contributed by atoms with Gasteiger partial charge in [0.05, 0.1) is 6.10 Å². The molecule has 0 aromatic heterocycles. The highest BCUT2D eigenvalue weighted by Crippen LogP contribution is 2.35. The third-order valence-electron chi connectivity index (χ3n) is 4.77. The fraction of sp³-hybridized carbons (Fsp3) is 0.273. The summed E-state index contributed by atoms with van der Waals surface area (Å²) < 4.78 is 11.9. The molecule has 0 spiro atoms. The summed E-state index contributed by atoms with van der Waals surface area (Å²) in [6.07, 6.45) is -3.09. The zero-order valence-electron chi connectivity index (χ0n) is 14.9. The van der Waals surface area contributed by atoms with Crippen LogP contribution in [0.1, 0.15) is 6.92 Å². The zero-order chi connectivity index (χ0) is 18.8. The van der Waals surface area contributed by atoms with Crippen molar-refractivity contribution in [2.75, 3.05) is 0 Å². The summed E-state index contributed by atoms with van der Waals surface area (Å²) in [5.74, 6) is 0.620. The Bertz CT molecular complexity index is 901. The van der Waals surface area contributed by atoms with Crippen LogP contribution in [0.3, 0.4) is 0 Å². The molecule has 0 saturated carbocycles. The molecule has 1 saturated heterocycles. The highest BCUT2D eigenvalue weighted by Gasteiger charge is 2.44. The molecule has 140 valence electrons. The van der Waals surface area contributed by atoms with Gasteiger partial charge in [0, 0.05) is 4.90 Å². The predicted octanol–water partition coefficient (Wildman–Crippen LogP) is 3.85. The molecule has 0 unspecified atom stereocenters. The Morgan fingerprint density at radius 2 is 1.56 bits per heavy atom. The van der Waals surface area contributed by atoms with Crippen LogP contribution >= 0.6 is 11.8 Å². The normalized spacial score (nSPS) is 28.2. The Kier molecular flexibility index (Phi) is 5.36. The van der Waals surface area contributed by atoms with Crippen LogP contribution in [0.4, 0.5) is 0 Å².